The predicted molar refractivity (Wildman–Crippen MR) is 136 cm³/mol. The fourth-order valence-corrected chi connectivity index (χ4v) is 3.77. The van der Waals surface area contributed by atoms with E-state index in [1.807, 2.05) is 43.3 Å². The lowest BCUT2D eigenvalue weighted by Crippen LogP contribution is -2.31. The molecule has 1 heterocycles. The van der Waals surface area contributed by atoms with Gasteiger partial charge in [0.1, 0.15) is 5.82 Å². The molecule has 0 aliphatic rings. The molecule has 3 amide bonds. The third-order valence-corrected chi connectivity index (χ3v) is 5.46. The standard InChI is InChI=1S/C27H25N5O4/c1-18-10-8-9-15-21(18)22(17-25(33)34)29-26(35)23-16-24(32(31-23)20-13-6-3-7-14-20)30-27(36)28-19-11-4-2-5-12-19/h2-16,22H,17H2,1H3,(H,29,35)(H,33,34)(H2,28,30,36). The van der Waals surface area contributed by atoms with Crippen molar-refractivity contribution < 1.29 is 19.5 Å². The number of aromatic nitrogens is 2. The third-order valence-electron chi connectivity index (χ3n) is 5.46. The number of anilines is 2. The van der Waals surface area contributed by atoms with E-state index in [4.69, 9.17) is 0 Å². The molecule has 1 aromatic heterocycles. The highest BCUT2D eigenvalue weighted by molar-refractivity contribution is 6.00. The number of hydrogen-bond donors (Lipinski definition) is 4. The number of aliphatic carboxylic acids is 1. The van der Waals surface area contributed by atoms with Gasteiger partial charge in [0.05, 0.1) is 18.2 Å². The molecule has 0 spiro atoms. The van der Waals surface area contributed by atoms with E-state index in [2.05, 4.69) is 21.0 Å². The molecule has 0 aliphatic carbocycles. The number of benzene rings is 3. The third kappa shape index (κ3) is 5.95. The van der Waals surface area contributed by atoms with Crippen molar-refractivity contribution in [2.75, 3.05) is 10.6 Å². The van der Waals surface area contributed by atoms with Gasteiger partial charge in [-0.3, -0.25) is 14.9 Å². The van der Waals surface area contributed by atoms with Crippen LogP contribution in [-0.2, 0) is 4.79 Å². The maximum absolute atomic E-state index is 13.2. The number of carbonyl (C=O) groups excluding carboxylic acids is 2. The largest absolute Gasteiger partial charge is 0.481 e. The molecule has 4 N–H and O–H groups in total. The first-order valence-electron chi connectivity index (χ1n) is 11.3. The van der Waals surface area contributed by atoms with Crippen LogP contribution in [0.5, 0.6) is 0 Å². The number of urea groups is 1. The minimum Gasteiger partial charge on any atom is -0.481 e. The van der Waals surface area contributed by atoms with E-state index in [-0.39, 0.29) is 17.9 Å². The van der Waals surface area contributed by atoms with Gasteiger partial charge in [-0.2, -0.15) is 5.10 Å². The van der Waals surface area contributed by atoms with Crippen molar-refractivity contribution in [1.29, 1.82) is 0 Å². The monoisotopic (exact) mass is 483 g/mol. The van der Waals surface area contributed by atoms with Crippen LogP contribution in [0.25, 0.3) is 5.69 Å². The van der Waals surface area contributed by atoms with Gasteiger partial charge < -0.3 is 15.7 Å². The summed E-state index contributed by atoms with van der Waals surface area (Å²) in [4.78, 5) is 37.3. The average molecular weight is 484 g/mol. The Kier molecular flexibility index (Phi) is 7.40. The summed E-state index contributed by atoms with van der Waals surface area (Å²) < 4.78 is 1.44. The molecule has 0 saturated carbocycles. The van der Waals surface area contributed by atoms with E-state index >= 15 is 0 Å². The highest BCUT2D eigenvalue weighted by atomic mass is 16.4. The van der Waals surface area contributed by atoms with Gasteiger partial charge >= 0.3 is 12.0 Å². The number of rotatable bonds is 8. The molecule has 1 unspecified atom stereocenters. The average Bonchev–Trinajstić information content (AvgIpc) is 3.28. The predicted octanol–water partition coefficient (Wildman–Crippen LogP) is 4.77. The number of hydrogen-bond acceptors (Lipinski definition) is 4. The van der Waals surface area contributed by atoms with E-state index < -0.39 is 23.9 Å². The fraction of sp³-hybridized carbons (Fsp3) is 0.111. The lowest BCUT2D eigenvalue weighted by molar-refractivity contribution is -0.137. The minimum atomic E-state index is -1.04. The second kappa shape index (κ2) is 11.0. The molecule has 0 radical (unpaired) electrons. The van der Waals surface area contributed by atoms with Crippen molar-refractivity contribution in [2.24, 2.45) is 0 Å². The Morgan fingerprint density at radius 2 is 1.53 bits per heavy atom. The molecule has 36 heavy (non-hydrogen) atoms. The highest BCUT2D eigenvalue weighted by Crippen LogP contribution is 2.23. The van der Waals surface area contributed by atoms with Crippen LogP contribution in [0.15, 0.2) is 91.0 Å². The van der Waals surface area contributed by atoms with Gasteiger partial charge in [-0.1, -0.05) is 60.7 Å². The van der Waals surface area contributed by atoms with Gasteiger partial charge in [0.2, 0.25) is 0 Å². The quantitative estimate of drug-likeness (QED) is 0.287. The van der Waals surface area contributed by atoms with Crippen LogP contribution in [0.2, 0.25) is 0 Å². The van der Waals surface area contributed by atoms with E-state index in [0.29, 0.717) is 16.9 Å². The summed E-state index contributed by atoms with van der Waals surface area (Å²) in [5.41, 5.74) is 2.83. The Morgan fingerprint density at radius 1 is 0.889 bits per heavy atom. The van der Waals surface area contributed by atoms with Crippen molar-refractivity contribution in [3.05, 3.63) is 108 Å². The summed E-state index contributed by atoms with van der Waals surface area (Å²) in [6.45, 7) is 1.86. The van der Waals surface area contributed by atoms with E-state index in [0.717, 1.165) is 5.56 Å². The van der Waals surface area contributed by atoms with Gasteiger partial charge in [0.25, 0.3) is 5.91 Å². The maximum Gasteiger partial charge on any atom is 0.324 e. The molecular weight excluding hydrogens is 458 g/mol. The van der Waals surface area contributed by atoms with E-state index in [1.165, 1.54) is 10.7 Å². The van der Waals surface area contributed by atoms with Gasteiger partial charge in [0.15, 0.2) is 5.69 Å². The van der Waals surface area contributed by atoms with Crippen LogP contribution in [0.4, 0.5) is 16.3 Å². The number of nitrogens with zero attached hydrogens (tertiary/aromatic N) is 2. The fourth-order valence-electron chi connectivity index (χ4n) is 3.77. The lowest BCUT2D eigenvalue weighted by atomic mass is 9.98. The van der Waals surface area contributed by atoms with Crippen molar-refractivity contribution >= 4 is 29.4 Å². The summed E-state index contributed by atoms with van der Waals surface area (Å²) in [6, 6.07) is 25.4. The molecule has 9 heteroatoms. The topological polar surface area (TPSA) is 125 Å². The Labute approximate surface area is 207 Å². The Morgan fingerprint density at radius 3 is 2.19 bits per heavy atom. The maximum atomic E-state index is 13.2. The van der Waals surface area contributed by atoms with Crippen molar-refractivity contribution in [1.82, 2.24) is 15.1 Å². The highest BCUT2D eigenvalue weighted by Gasteiger charge is 2.23. The first-order valence-corrected chi connectivity index (χ1v) is 11.3. The SMILES string of the molecule is Cc1ccccc1C(CC(=O)O)NC(=O)c1cc(NC(=O)Nc2ccccc2)n(-c2ccccc2)n1. The summed E-state index contributed by atoms with van der Waals surface area (Å²) >= 11 is 0. The molecule has 0 saturated heterocycles. The Hall–Kier alpha value is -4.92. The molecule has 0 fully saturated rings. The minimum absolute atomic E-state index is 0.0258. The van der Waals surface area contributed by atoms with Crippen LogP contribution < -0.4 is 16.0 Å². The molecule has 1 atom stereocenters. The zero-order chi connectivity index (χ0) is 25.5. The van der Waals surface area contributed by atoms with E-state index in [1.54, 1.807) is 48.5 Å². The number of nitrogens with one attached hydrogen (secondary N) is 3. The molecule has 4 rings (SSSR count). The molecule has 0 bridgehead atoms. The second-order valence-electron chi connectivity index (χ2n) is 8.09. The lowest BCUT2D eigenvalue weighted by Gasteiger charge is -2.18. The molecule has 4 aromatic rings. The molecule has 3 aromatic carbocycles. The Bertz CT molecular complexity index is 1370. The van der Waals surface area contributed by atoms with Gasteiger partial charge in [-0.15, -0.1) is 0 Å². The number of amides is 3. The number of carbonyl (C=O) groups is 3. The van der Waals surface area contributed by atoms with Gasteiger partial charge in [0, 0.05) is 11.8 Å². The number of carboxylic acids is 1. The van der Waals surface area contributed by atoms with Crippen LogP contribution in [0, 0.1) is 6.92 Å². The molecular formula is C27H25N5O4. The number of carboxylic acid groups (broad SMARTS) is 1. The van der Waals surface area contributed by atoms with Crippen LogP contribution in [0.1, 0.15) is 34.1 Å². The molecule has 182 valence electrons. The van der Waals surface area contributed by atoms with Crippen molar-refractivity contribution in [3.63, 3.8) is 0 Å². The van der Waals surface area contributed by atoms with Crippen molar-refractivity contribution in [3.8, 4) is 5.69 Å². The molecule has 9 nitrogen and oxygen atoms in total. The Balaban J connectivity index is 1.61. The second-order valence-corrected chi connectivity index (χ2v) is 8.09. The number of aryl methyl sites for hydroxylation is 1. The zero-order valence-corrected chi connectivity index (χ0v) is 19.5. The first-order chi connectivity index (χ1) is 17.4. The summed E-state index contributed by atoms with van der Waals surface area (Å²) in [5, 5.41) is 22.1. The van der Waals surface area contributed by atoms with E-state index in [9.17, 15) is 19.5 Å². The smallest absolute Gasteiger partial charge is 0.324 e. The number of para-hydroxylation sites is 2. The summed E-state index contributed by atoms with van der Waals surface area (Å²) in [7, 11) is 0. The first kappa shape index (κ1) is 24.2. The summed E-state index contributed by atoms with van der Waals surface area (Å²) in [6.07, 6.45) is -0.291. The zero-order valence-electron chi connectivity index (χ0n) is 19.5. The normalized spacial score (nSPS) is 11.4. The summed E-state index contributed by atoms with van der Waals surface area (Å²) in [5.74, 6) is -1.34. The van der Waals surface area contributed by atoms with Gasteiger partial charge in [-0.05, 0) is 42.3 Å². The van der Waals surface area contributed by atoms with Crippen LogP contribution in [-0.4, -0.2) is 32.8 Å². The van der Waals surface area contributed by atoms with Crippen molar-refractivity contribution in [2.45, 2.75) is 19.4 Å². The molecule has 0 aliphatic heterocycles. The van der Waals surface area contributed by atoms with Crippen LogP contribution in [0.3, 0.4) is 0 Å². The van der Waals surface area contributed by atoms with Gasteiger partial charge in [-0.25, -0.2) is 9.48 Å². The van der Waals surface area contributed by atoms with Crippen LogP contribution >= 0.6 is 0 Å².